The minimum absolute atomic E-state index is 0.219. The number of halogens is 1. The zero-order valence-electron chi connectivity index (χ0n) is 11.7. The summed E-state index contributed by atoms with van der Waals surface area (Å²) in [5.74, 6) is 0.219. The van der Waals surface area contributed by atoms with E-state index in [1.807, 2.05) is 4.90 Å². The van der Waals surface area contributed by atoms with E-state index < -0.39 is 0 Å². The molecule has 2 aliphatic rings. The minimum atomic E-state index is 0.219. The largest absolute Gasteiger partial charge is 0.311 e. The van der Waals surface area contributed by atoms with Crippen LogP contribution in [0.5, 0.6) is 0 Å². The molecule has 2 heterocycles. The highest BCUT2D eigenvalue weighted by molar-refractivity contribution is 9.09. The minimum Gasteiger partial charge on any atom is -0.311 e. The average molecular weight is 337 g/mol. The molecule has 1 unspecified atom stereocenters. The van der Waals surface area contributed by atoms with Crippen LogP contribution in [0.2, 0.25) is 0 Å². The molecule has 0 aliphatic carbocycles. The van der Waals surface area contributed by atoms with Crippen LogP contribution in [0.25, 0.3) is 0 Å². The Morgan fingerprint density at radius 1 is 1.15 bits per heavy atom. The van der Waals surface area contributed by atoms with Crippen LogP contribution in [0.1, 0.15) is 24.8 Å². The van der Waals surface area contributed by atoms with Gasteiger partial charge in [0.2, 0.25) is 5.91 Å². The first kappa shape index (κ1) is 14.1. The maximum atomic E-state index is 11.9. The van der Waals surface area contributed by atoms with Crippen LogP contribution in [0, 0.1) is 0 Å². The first-order valence-electron chi connectivity index (χ1n) is 7.48. The normalized spacial score (nSPS) is 23.8. The second-order valence-electron chi connectivity index (χ2n) is 5.77. The first-order valence-corrected chi connectivity index (χ1v) is 8.40. The fourth-order valence-corrected chi connectivity index (χ4v) is 3.62. The van der Waals surface area contributed by atoms with E-state index in [4.69, 9.17) is 0 Å². The van der Waals surface area contributed by atoms with E-state index >= 15 is 0 Å². The van der Waals surface area contributed by atoms with Gasteiger partial charge in [-0.05, 0) is 50.0 Å². The molecular formula is C16H21BrN2O. The monoisotopic (exact) mass is 336 g/mol. The van der Waals surface area contributed by atoms with E-state index in [1.54, 1.807) is 0 Å². The first-order chi connectivity index (χ1) is 9.72. The third-order valence-electron chi connectivity index (χ3n) is 4.24. The van der Waals surface area contributed by atoms with Crippen molar-refractivity contribution in [1.82, 2.24) is 4.90 Å². The van der Waals surface area contributed by atoms with Gasteiger partial charge in [0.1, 0.15) is 0 Å². The molecule has 1 atom stereocenters. The molecule has 0 N–H and O–H groups in total. The molecule has 108 valence electrons. The molecule has 0 aromatic heterocycles. The van der Waals surface area contributed by atoms with Crippen molar-refractivity contribution in [3.63, 3.8) is 0 Å². The van der Waals surface area contributed by atoms with Gasteiger partial charge in [-0.2, -0.15) is 0 Å². The number of hydrogen-bond acceptors (Lipinski definition) is 2. The predicted octanol–water partition coefficient (Wildman–Crippen LogP) is 2.83. The predicted molar refractivity (Wildman–Crippen MR) is 85.5 cm³/mol. The van der Waals surface area contributed by atoms with Gasteiger partial charge >= 0.3 is 0 Å². The van der Waals surface area contributed by atoms with Crippen molar-refractivity contribution in [1.29, 1.82) is 0 Å². The van der Waals surface area contributed by atoms with Gasteiger partial charge in [0.25, 0.3) is 0 Å². The summed E-state index contributed by atoms with van der Waals surface area (Å²) in [4.78, 5) is 16.6. The van der Waals surface area contributed by atoms with Gasteiger partial charge in [-0.3, -0.25) is 4.79 Å². The Hall–Kier alpha value is -0.870. The number of likely N-dealkylation sites (tertiary alicyclic amines) is 1. The Balaban J connectivity index is 1.58. The summed E-state index contributed by atoms with van der Waals surface area (Å²) in [5, 5.41) is 0. The van der Waals surface area contributed by atoms with Gasteiger partial charge in [-0.25, -0.2) is 0 Å². The Labute approximate surface area is 129 Å². The number of alkyl halides is 1. The molecule has 1 aromatic carbocycles. The van der Waals surface area contributed by atoms with Crippen LogP contribution in [-0.4, -0.2) is 41.8 Å². The molecule has 1 amide bonds. The van der Waals surface area contributed by atoms with Crippen LogP contribution in [0.4, 0.5) is 5.69 Å². The van der Waals surface area contributed by atoms with Crippen LogP contribution >= 0.6 is 15.9 Å². The zero-order valence-corrected chi connectivity index (χ0v) is 13.3. The van der Waals surface area contributed by atoms with Crippen molar-refractivity contribution in [2.75, 3.05) is 31.1 Å². The summed E-state index contributed by atoms with van der Waals surface area (Å²) >= 11 is 3.53. The summed E-state index contributed by atoms with van der Waals surface area (Å²) in [7, 11) is 0. The summed E-state index contributed by atoms with van der Waals surface area (Å²) in [6, 6.07) is 8.50. The Bertz CT molecular complexity index is 468. The molecule has 0 saturated carbocycles. The number of nitrogens with zero attached hydrogens (tertiary/aromatic N) is 2. The van der Waals surface area contributed by atoms with Crippen LogP contribution in [0.15, 0.2) is 24.3 Å². The van der Waals surface area contributed by atoms with Gasteiger partial charge in [-0.1, -0.05) is 28.1 Å². The van der Waals surface area contributed by atoms with Gasteiger partial charge in [0.05, 0.1) is 0 Å². The van der Waals surface area contributed by atoms with Crippen molar-refractivity contribution >= 4 is 27.5 Å². The number of amides is 1. The average Bonchev–Trinajstić information content (AvgIpc) is 3.07. The highest BCUT2D eigenvalue weighted by Gasteiger charge is 2.28. The highest BCUT2D eigenvalue weighted by Crippen LogP contribution is 2.25. The number of hydrogen-bond donors (Lipinski definition) is 0. The third-order valence-corrected chi connectivity index (χ3v) is 4.85. The molecule has 0 spiro atoms. The quantitative estimate of drug-likeness (QED) is 0.789. The standard InChI is InChI=1S/C16H21BrN2O/c17-14-11-16(20)19(12-14)15-5-3-13(4-6-15)7-10-18-8-1-2-9-18/h3-6,14H,1-2,7-12H2. The molecule has 3 nitrogen and oxygen atoms in total. The lowest BCUT2D eigenvalue weighted by molar-refractivity contribution is -0.117. The molecule has 2 saturated heterocycles. The number of carbonyl (C=O) groups excluding carboxylic acids is 1. The third kappa shape index (κ3) is 3.23. The second kappa shape index (κ2) is 6.27. The molecule has 20 heavy (non-hydrogen) atoms. The van der Waals surface area contributed by atoms with Crippen molar-refractivity contribution < 1.29 is 4.79 Å². The van der Waals surface area contributed by atoms with E-state index in [9.17, 15) is 4.79 Å². The number of benzene rings is 1. The fraction of sp³-hybridized carbons (Fsp3) is 0.562. The van der Waals surface area contributed by atoms with Gasteiger partial charge in [-0.15, -0.1) is 0 Å². The molecule has 2 aliphatic heterocycles. The number of carbonyl (C=O) groups is 1. The van der Waals surface area contributed by atoms with Gasteiger partial charge in [0.15, 0.2) is 0 Å². The molecular weight excluding hydrogens is 316 g/mol. The number of anilines is 1. The lowest BCUT2D eigenvalue weighted by Gasteiger charge is -2.17. The molecule has 0 bridgehead atoms. The summed E-state index contributed by atoms with van der Waals surface area (Å²) in [6.45, 7) is 4.46. The van der Waals surface area contributed by atoms with Crippen molar-refractivity contribution in [3.8, 4) is 0 Å². The molecule has 1 aromatic rings. The van der Waals surface area contributed by atoms with E-state index in [-0.39, 0.29) is 5.91 Å². The smallest absolute Gasteiger partial charge is 0.228 e. The highest BCUT2D eigenvalue weighted by atomic mass is 79.9. The van der Waals surface area contributed by atoms with Crippen molar-refractivity contribution in [3.05, 3.63) is 29.8 Å². The van der Waals surface area contributed by atoms with E-state index in [1.165, 1.54) is 31.5 Å². The van der Waals surface area contributed by atoms with Crippen LogP contribution in [0.3, 0.4) is 0 Å². The fourth-order valence-electron chi connectivity index (χ4n) is 3.05. The van der Waals surface area contributed by atoms with Gasteiger partial charge in [0, 0.05) is 30.0 Å². The van der Waals surface area contributed by atoms with Crippen LogP contribution < -0.4 is 4.90 Å². The van der Waals surface area contributed by atoms with Crippen molar-refractivity contribution in [2.24, 2.45) is 0 Å². The SMILES string of the molecule is O=C1CC(Br)CN1c1ccc(CCN2CCCC2)cc1. The van der Waals surface area contributed by atoms with Crippen molar-refractivity contribution in [2.45, 2.75) is 30.5 Å². The lowest BCUT2D eigenvalue weighted by atomic mass is 10.1. The zero-order chi connectivity index (χ0) is 13.9. The van der Waals surface area contributed by atoms with E-state index in [0.717, 1.165) is 25.2 Å². The van der Waals surface area contributed by atoms with E-state index in [2.05, 4.69) is 45.1 Å². The Morgan fingerprint density at radius 2 is 1.85 bits per heavy atom. The molecule has 3 rings (SSSR count). The molecule has 2 fully saturated rings. The maximum Gasteiger partial charge on any atom is 0.228 e. The number of rotatable bonds is 4. The maximum absolute atomic E-state index is 11.9. The second-order valence-corrected chi connectivity index (χ2v) is 7.07. The Kier molecular flexibility index (Phi) is 4.41. The van der Waals surface area contributed by atoms with E-state index in [0.29, 0.717) is 11.2 Å². The summed E-state index contributed by atoms with van der Waals surface area (Å²) in [5.41, 5.74) is 2.39. The topological polar surface area (TPSA) is 23.6 Å². The van der Waals surface area contributed by atoms with Gasteiger partial charge < -0.3 is 9.80 Å². The summed E-state index contributed by atoms with van der Waals surface area (Å²) in [6.07, 6.45) is 4.42. The van der Waals surface area contributed by atoms with Crippen LogP contribution in [-0.2, 0) is 11.2 Å². The molecule has 0 radical (unpaired) electrons. The molecule has 4 heteroatoms. The lowest BCUT2D eigenvalue weighted by Crippen LogP contribution is -2.24. The summed E-state index contributed by atoms with van der Waals surface area (Å²) < 4.78 is 0. The Morgan fingerprint density at radius 3 is 2.45 bits per heavy atom.